The zero-order valence-corrected chi connectivity index (χ0v) is 11.8. The van der Waals surface area contributed by atoms with E-state index in [1.54, 1.807) is 0 Å². The Bertz CT molecular complexity index is 611. The van der Waals surface area contributed by atoms with Crippen molar-refractivity contribution in [2.24, 2.45) is 0 Å². The van der Waals surface area contributed by atoms with E-state index in [1.807, 2.05) is 6.92 Å². The number of carboxylic acid groups (broad SMARTS) is 1. The molecule has 1 aromatic rings. The molecule has 2 N–H and O–H groups in total. The molecule has 0 unspecified atom stereocenters. The summed E-state index contributed by atoms with van der Waals surface area (Å²) in [4.78, 5) is 10.3. The SMILES string of the molecule is CCCCS(=O)(=O)Nc1ccc(C=CC(=O)O)cc1F. The van der Waals surface area contributed by atoms with Crippen LogP contribution in [0, 0.1) is 5.82 Å². The lowest BCUT2D eigenvalue weighted by atomic mass is 10.2. The highest BCUT2D eigenvalue weighted by Gasteiger charge is 2.12. The lowest BCUT2D eigenvalue weighted by Gasteiger charge is -2.08. The van der Waals surface area contributed by atoms with Gasteiger partial charge >= 0.3 is 5.97 Å². The molecule has 0 saturated heterocycles. The van der Waals surface area contributed by atoms with E-state index in [4.69, 9.17) is 5.11 Å². The summed E-state index contributed by atoms with van der Waals surface area (Å²) in [5, 5.41) is 8.46. The number of nitrogens with one attached hydrogen (secondary N) is 1. The van der Waals surface area contributed by atoms with E-state index in [0.29, 0.717) is 12.0 Å². The fraction of sp³-hybridized carbons (Fsp3) is 0.308. The van der Waals surface area contributed by atoms with E-state index in [-0.39, 0.29) is 11.4 Å². The van der Waals surface area contributed by atoms with Gasteiger partial charge in [0.2, 0.25) is 10.0 Å². The molecule has 1 rings (SSSR count). The number of anilines is 1. The van der Waals surface area contributed by atoms with E-state index in [0.717, 1.165) is 18.6 Å². The molecular weight excluding hydrogens is 285 g/mol. The van der Waals surface area contributed by atoms with Crippen molar-refractivity contribution in [2.45, 2.75) is 19.8 Å². The van der Waals surface area contributed by atoms with E-state index in [1.165, 1.54) is 18.2 Å². The summed E-state index contributed by atoms with van der Waals surface area (Å²) < 4.78 is 39.2. The van der Waals surface area contributed by atoms with Crippen LogP contribution in [0.5, 0.6) is 0 Å². The number of sulfonamides is 1. The number of carboxylic acids is 1. The number of rotatable bonds is 7. The molecule has 110 valence electrons. The number of benzene rings is 1. The van der Waals surface area contributed by atoms with Gasteiger partial charge in [-0.3, -0.25) is 4.72 Å². The van der Waals surface area contributed by atoms with Crippen LogP contribution in [-0.2, 0) is 14.8 Å². The number of hydrogen-bond donors (Lipinski definition) is 2. The quantitative estimate of drug-likeness (QED) is 0.758. The fourth-order valence-corrected chi connectivity index (χ4v) is 2.71. The van der Waals surface area contributed by atoms with Gasteiger partial charge in [0.05, 0.1) is 11.4 Å². The second-order valence-electron chi connectivity index (χ2n) is 4.19. The van der Waals surface area contributed by atoms with Crippen LogP contribution in [0.25, 0.3) is 6.08 Å². The Balaban J connectivity index is 2.86. The highest BCUT2D eigenvalue weighted by molar-refractivity contribution is 7.92. The van der Waals surface area contributed by atoms with Gasteiger partial charge in [0, 0.05) is 6.08 Å². The normalized spacial score (nSPS) is 11.7. The van der Waals surface area contributed by atoms with Gasteiger partial charge in [0.1, 0.15) is 5.82 Å². The zero-order valence-electron chi connectivity index (χ0n) is 11.0. The first-order chi connectivity index (χ1) is 9.34. The standard InChI is InChI=1S/C13H16FNO4S/c1-2-3-8-20(18,19)15-12-6-4-10(9-11(12)14)5-7-13(16)17/h4-7,9,15H,2-3,8H2,1H3,(H,16,17). The van der Waals surface area contributed by atoms with Crippen molar-refractivity contribution in [3.05, 3.63) is 35.7 Å². The molecule has 0 bridgehead atoms. The average molecular weight is 301 g/mol. The number of hydrogen-bond acceptors (Lipinski definition) is 3. The lowest BCUT2D eigenvalue weighted by Crippen LogP contribution is -2.17. The Hall–Kier alpha value is -1.89. The molecule has 5 nitrogen and oxygen atoms in total. The molecule has 0 aromatic heterocycles. The third-order valence-electron chi connectivity index (χ3n) is 2.44. The minimum atomic E-state index is -3.56. The van der Waals surface area contributed by atoms with Crippen LogP contribution in [-0.4, -0.2) is 25.2 Å². The van der Waals surface area contributed by atoms with Gasteiger partial charge in [-0.1, -0.05) is 19.4 Å². The average Bonchev–Trinajstić information content (AvgIpc) is 2.37. The fourth-order valence-electron chi connectivity index (χ4n) is 1.44. The van der Waals surface area contributed by atoms with Crippen molar-refractivity contribution >= 4 is 27.8 Å². The molecule has 0 saturated carbocycles. The summed E-state index contributed by atoms with van der Waals surface area (Å²) in [5.41, 5.74) is 0.190. The maximum Gasteiger partial charge on any atom is 0.328 e. The van der Waals surface area contributed by atoms with Crippen molar-refractivity contribution in [1.29, 1.82) is 0 Å². The Labute approximate surface area is 117 Å². The van der Waals surface area contributed by atoms with Crippen LogP contribution in [0.4, 0.5) is 10.1 Å². The topological polar surface area (TPSA) is 83.5 Å². The number of carbonyl (C=O) groups is 1. The van der Waals surface area contributed by atoms with E-state index in [2.05, 4.69) is 4.72 Å². The lowest BCUT2D eigenvalue weighted by molar-refractivity contribution is -0.131. The molecule has 0 aliphatic carbocycles. The van der Waals surface area contributed by atoms with Crippen molar-refractivity contribution in [2.75, 3.05) is 10.5 Å². The van der Waals surface area contributed by atoms with Gasteiger partial charge in [0.15, 0.2) is 0 Å². The Morgan fingerprint density at radius 1 is 1.45 bits per heavy atom. The molecule has 0 radical (unpaired) electrons. The van der Waals surface area contributed by atoms with Crippen LogP contribution in [0.1, 0.15) is 25.3 Å². The second kappa shape index (κ2) is 7.04. The van der Waals surface area contributed by atoms with Gasteiger partial charge < -0.3 is 5.11 Å². The van der Waals surface area contributed by atoms with Crippen molar-refractivity contribution in [3.8, 4) is 0 Å². The smallest absolute Gasteiger partial charge is 0.328 e. The molecule has 0 aliphatic rings. The Kier molecular flexibility index (Phi) is 5.69. The highest BCUT2D eigenvalue weighted by atomic mass is 32.2. The summed E-state index contributed by atoms with van der Waals surface area (Å²) in [7, 11) is -3.56. The maximum absolute atomic E-state index is 13.7. The van der Waals surface area contributed by atoms with Crippen LogP contribution >= 0.6 is 0 Å². The molecule has 0 atom stereocenters. The number of aliphatic carboxylic acids is 1. The van der Waals surface area contributed by atoms with Crippen LogP contribution in [0.2, 0.25) is 0 Å². The third-order valence-corrected chi connectivity index (χ3v) is 3.80. The van der Waals surface area contributed by atoms with Crippen molar-refractivity contribution in [1.82, 2.24) is 0 Å². The minimum Gasteiger partial charge on any atom is -0.478 e. The molecular formula is C13H16FNO4S. The van der Waals surface area contributed by atoms with Crippen molar-refractivity contribution in [3.63, 3.8) is 0 Å². The Morgan fingerprint density at radius 2 is 2.15 bits per heavy atom. The zero-order chi connectivity index (χ0) is 15.2. The number of halogens is 1. The first-order valence-electron chi connectivity index (χ1n) is 6.05. The largest absolute Gasteiger partial charge is 0.478 e. The van der Waals surface area contributed by atoms with E-state index in [9.17, 15) is 17.6 Å². The van der Waals surface area contributed by atoms with Crippen LogP contribution < -0.4 is 4.72 Å². The summed E-state index contributed by atoms with van der Waals surface area (Å²) in [5.74, 6) is -1.96. The molecule has 0 fully saturated rings. The monoisotopic (exact) mass is 301 g/mol. The predicted octanol–water partition coefficient (Wildman–Crippen LogP) is 2.47. The highest BCUT2D eigenvalue weighted by Crippen LogP contribution is 2.18. The molecule has 0 spiro atoms. The van der Waals surface area contributed by atoms with Crippen LogP contribution in [0.15, 0.2) is 24.3 Å². The summed E-state index contributed by atoms with van der Waals surface area (Å²) in [6, 6.07) is 3.76. The van der Waals surface area contributed by atoms with Gasteiger partial charge in [0.25, 0.3) is 0 Å². The summed E-state index contributed by atoms with van der Waals surface area (Å²) in [6.45, 7) is 1.86. The maximum atomic E-state index is 13.7. The molecule has 20 heavy (non-hydrogen) atoms. The van der Waals surface area contributed by atoms with Crippen LogP contribution in [0.3, 0.4) is 0 Å². The molecule has 0 aliphatic heterocycles. The molecule has 1 aromatic carbocycles. The van der Waals surface area contributed by atoms with Gasteiger partial charge in [-0.25, -0.2) is 17.6 Å². The van der Waals surface area contributed by atoms with Crippen molar-refractivity contribution < 1.29 is 22.7 Å². The van der Waals surface area contributed by atoms with E-state index < -0.39 is 21.8 Å². The summed E-state index contributed by atoms with van der Waals surface area (Å²) in [6.07, 6.45) is 3.32. The molecule has 0 heterocycles. The second-order valence-corrected chi connectivity index (χ2v) is 6.03. The first kappa shape index (κ1) is 16.2. The van der Waals surface area contributed by atoms with Gasteiger partial charge in [-0.15, -0.1) is 0 Å². The third kappa shape index (κ3) is 5.40. The first-order valence-corrected chi connectivity index (χ1v) is 7.70. The van der Waals surface area contributed by atoms with Gasteiger partial charge in [-0.05, 0) is 30.2 Å². The predicted molar refractivity (Wildman–Crippen MR) is 75.4 cm³/mol. The summed E-state index contributed by atoms with van der Waals surface area (Å²) >= 11 is 0. The van der Waals surface area contributed by atoms with E-state index >= 15 is 0 Å². The molecule has 0 amide bonds. The van der Waals surface area contributed by atoms with Gasteiger partial charge in [-0.2, -0.15) is 0 Å². The Morgan fingerprint density at radius 3 is 2.70 bits per heavy atom. The molecule has 7 heteroatoms. The number of unbranched alkanes of at least 4 members (excludes halogenated alkanes) is 1. The minimum absolute atomic E-state index is 0.0659.